The van der Waals surface area contributed by atoms with Crippen molar-refractivity contribution in [3.05, 3.63) is 29.8 Å². The number of anilines is 1. The number of hydrogen-bond donors (Lipinski definition) is 1. The van der Waals surface area contributed by atoms with Gasteiger partial charge in [0.1, 0.15) is 0 Å². The lowest BCUT2D eigenvalue weighted by molar-refractivity contribution is -0.113. The number of nitrogens with one attached hydrogen (secondary N) is 1. The molecule has 0 spiro atoms. The summed E-state index contributed by atoms with van der Waals surface area (Å²) in [6.07, 6.45) is 1.06. The zero-order chi connectivity index (χ0) is 12.7. The molecule has 4 heteroatoms. The largest absolute Gasteiger partial charge is 0.325 e. The number of hydrogen-bond acceptors (Lipinski definition) is 3. The second kappa shape index (κ2) is 6.97. The fraction of sp³-hybridized carbons (Fsp3) is 0.385. The lowest BCUT2D eigenvalue weighted by atomic mass is 10.2. The predicted molar refractivity (Wildman–Crippen MR) is 72.0 cm³/mol. The first kappa shape index (κ1) is 13.6. The topological polar surface area (TPSA) is 52.9 Å². The molecule has 1 N–H and O–H groups in total. The van der Waals surface area contributed by atoms with E-state index in [1.54, 1.807) is 36.0 Å². The van der Waals surface area contributed by atoms with Crippen LogP contribution in [-0.2, 0) is 4.79 Å². The van der Waals surface area contributed by atoms with Crippen LogP contribution in [0.5, 0.6) is 0 Å². The van der Waals surface area contributed by atoms with Gasteiger partial charge in [-0.05, 0) is 30.7 Å². The number of thioether (sulfide) groups is 1. The minimum atomic E-state index is 0.00000709. The summed E-state index contributed by atoms with van der Waals surface area (Å²) in [6.45, 7) is 4.22. The van der Waals surface area contributed by atoms with E-state index < -0.39 is 0 Å². The molecule has 0 aliphatic rings. The van der Waals surface area contributed by atoms with Gasteiger partial charge in [-0.2, -0.15) is 5.26 Å². The number of benzene rings is 1. The minimum Gasteiger partial charge on any atom is -0.325 e. The van der Waals surface area contributed by atoms with Gasteiger partial charge in [-0.15, -0.1) is 11.8 Å². The maximum atomic E-state index is 11.6. The summed E-state index contributed by atoms with van der Waals surface area (Å²) in [7, 11) is 0. The molecule has 1 amide bonds. The summed E-state index contributed by atoms with van der Waals surface area (Å²) in [5.41, 5.74) is 1.33. The Bertz CT molecular complexity index is 408. The fourth-order valence-electron chi connectivity index (χ4n) is 1.16. The number of carbonyl (C=O) groups excluding carboxylic acids is 1. The second-order valence-electron chi connectivity index (χ2n) is 3.77. The number of nitrogens with zero attached hydrogens (tertiary/aromatic N) is 1. The Morgan fingerprint density at radius 1 is 1.47 bits per heavy atom. The van der Waals surface area contributed by atoms with Crippen molar-refractivity contribution in [2.45, 2.75) is 25.5 Å². The molecule has 1 atom stereocenters. The Morgan fingerprint density at radius 2 is 2.12 bits per heavy atom. The van der Waals surface area contributed by atoms with Gasteiger partial charge in [-0.25, -0.2) is 0 Å². The van der Waals surface area contributed by atoms with Gasteiger partial charge in [-0.3, -0.25) is 4.79 Å². The van der Waals surface area contributed by atoms with Crippen LogP contribution >= 0.6 is 11.8 Å². The monoisotopic (exact) mass is 248 g/mol. The zero-order valence-corrected chi connectivity index (χ0v) is 10.9. The van der Waals surface area contributed by atoms with Gasteiger partial charge >= 0.3 is 0 Å². The Morgan fingerprint density at radius 3 is 2.65 bits per heavy atom. The summed E-state index contributed by atoms with van der Waals surface area (Å²) >= 11 is 1.65. The van der Waals surface area contributed by atoms with Crippen molar-refractivity contribution in [2.75, 3.05) is 11.1 Å². The molecular formula is C13H16N2OS. The van der Waals surface area contributed by atoms with Crippen LogP contribution in [-0.4, -0.2) is 16.9 Å². The van der Waals surface area contributed by atoms with Crippen LogP contribution in [0.1, 0.15) is 25.8 Å². The van der Waals surface area contributed by atoms with Crippen LogP contribution in [0.25, 0.3) is 0 Å². The lowest BCUT2D eigenvalue weighted by Crippen LogP contribution is -2.15. The first-order chi connectivity index (χ1) is 8.15. The van der Waals surface area contributed by atoms with Crippen molar-refractivity contribution in [2.24, 2.45) is 0 Å². The molecule has 90 valence electrons. The molecule has 1 aromatic carbocycles. The van der Waals surface area contributed by atoms with E-state index in [0.717, 1.165) is 12.1 Å². The van der Waals surface area contributed by atoms with E-state index in [4.69, 9.17) is 5.26 Å². The van der Waals surface area contributed by atoms with Gasteiger partial charge in [0.05, 0.1) is 17.4 Å². The van der Waals surface area contributed by atoms with E-state index in [9.17, 15) is 4.79 Å². The Labute approximate surface area is 106 Å². The van der Waals surface area contributed by atoms with Crippen molar-refractivity contribution in [1.82, 2.24) is 0 Å². The first-order valence-corrected chi connectivity index (χ1v) is 6.62. The standard InChI is InChI=1S/C13H16N2OS/c1-3-10(2)17-9-13(16)15-12-6-4-11(8-14)5-7-12/h4-7,10H,3,9H2,1-2H3,(H,15,16). The van der Waals surface area contributed by atoms with Gasteiger partial charge in [-0.1, -0.05) is 13.8 Å². The van der Waals surface area contributed by atoms with E-state index >= 15 is 0 Å². The van der Waals surface area contributed by atoms with Gasteiger partial charge in [0, 0.05) is 10.9 Å². The SMILES string of the molecule is CCC(C)SCC(=O)Nc1ccc(C#N)cc1. The van der Waals surface area contributed by atoms with Crippen LogP contribution in [0, 0.1) is 11.3 Å². The number of nitriles is 1. The normalized spacial score (nSPS) is 11.6. The highest BCUT2D eigenvalue weighted by atomic mass is 32.2. The molecule has 0 aliphatic carbocycles. The van der Waals surface area contributed by atoms with Crippen LogP contribution in [0.15, 0.2) is 24.3 Å². The first-order valence-electron chi connectivity index (χ1n) is 5.57. The van der Waals surface area contributed by atoms with Crippen LogP contribution in [0.4, 0.5) is 5.69 Å². The Hall–Kier alpha value is -1.47. The molecular weight excluding hydrogens is 232 g/mol. The Kier molecular flexibility index (Phi) is 5.58. The van der Waals surface area contributed by atoms with E-state index in [1.165, 1.54) is 0 Å². The Balaban J connectivity index is 2.43. The lowest BCUT2D eigenvalue weighted by Gasteiger charge is -2.08. The van der Waals surface area contributed by atoms with E-state index in [-0.39, 0.29) is 5.91 Å². The average Bonchev–Trinajstić information content (AvgIpc) is 2.36. The quantitative estimate of drug-likeness (QED) is 0.871. The third-order valence-corrected chi connectivity index (χ3v) is 3.70. The van der Waals surface area contributed by atoms with E-state index in [2.05, 4.69) is 19.2 Å². The van der Waals surface area contributed by atoms with Crippen molar-refractivity contribution < 1.29 is 4.79 Å². The molecule has 0 saturated carbocycles. The van der Waals surface area contributed by atoms with Crippen LogP contribution < -0.4 is 5.32 Å². The summed E-state index contributed by atoms with van der Waals surface area (Å²) in [5.74, 6) is 0.467. The summed E-state index contributed by atoms with van der Waals surface area (Å²) < 4.78 is 0. The molecule has 0 radical (unpaired) electrons. The highest BCUT2D eigenvalue weighted by Crippen LogP contribution is 2.14. The van der Waals surface area contributed by atoms with Crippen molar-refractivity contribution in [1.29, 1.82) is 5.26 Å². The molecule has 0 fully saturated rings. The maximum Gasteiger partial charge on any atom is 0.234 e. The van der Waals surface area contributed by atoms with Crippen LogP contribution in [0.3, 0.4) is 0 Å². The molecule has 3 nitrogen and oxygen atoms in total. The number of rotatable bonds is 5. The fourth-order valence-corrected chi connectivity index (χ4v) is 1.90. The third kappa shape index (κ3) is 4.92. The zero-order valence-electron chi connectivity index (χ0n) is 10.1. The molecule has 1 unspecified atom stereocenters. The molecule has 0 aromatic heterocycles. The molecule has 0 heterocycles. The molecule has 0 aliphatic heterocycles. The summed E-state index contributed by atoms with van der Waals surface area (Å²) in [6, 6.07) is 8.90. The van der Waals surface area contributed by atoms with Gasteiger partial charge < -0.3 is 5.32 Å². The van der Waals surface area contributed by atoms with Crippen LogP contribution in [0.2, 0.25) is 0 Å². The van der Waals surface area contributed by atoms with Crippen molar-refractivity contribution in [3.8, 4) is 6.07 Å². The molecule has 0 saturated heterocycles. The van der Waals surface area contributed by atoms with Gasteiger partial charge in [0.15, 0.2) is 0 Å². The van der Waals surface area contributed by atoms with Gasteiger partial charge in [0.25, 0.3) is 0 Å². The average molecular weight is 248 g/mol. The molecule has 1 rings (SSSR count). The predicted octanol–water partition coefficient (Wildman–Crippen LogP) is 3.03. The number of carbonyl (C=O) groups is 1. The van der Waals surface area contributed by atoms with E-state index in [1.807, 2.05) is 6.07 Å². The maximum absolute atomic E-state index is 11.6. The second-order valence-corrected chi connectivity index (χ2v) is 5.19. The highest BCUT2D eigenvalue weighted by Gasteiger charge is 2.05. The van der Waals surface area contributed by atoms with Crippen molar-refractivity contribution in [3.63, 3.8) is 0 Å². The smallest absolute Gasteiger partial charge is 0.234 e. The third-order valence-electron chi connectivity index (χ3n) is 2.37. The van der Waals surface area contributed by atoms with Crippen molar-refractivity contribution >= 4 is 23.4 Å². The number of amides is 1. The molecule has 0 bridgehead atoms. The molecule has 17 heavy (non-hydrogen) atoms. The minimum absolute atomic E-state index is 0.00000709. The van der Waals surface area contributed by atoms with Gasteiger partial charge in [0.2, 0.25) is 5.91 Å². The molecule has 1 aromatic rings. The summed E-state index contributed by atoms with van der Waals surface area (Å²) in [4.78, 5) is 11.6. The summed E-state index contributed by atoms with van der Waals surface area (Å²) in [5, 5.41) is 11.9. The highest BCUT2D eigenvalue weighted by molar-refractivity contribution is 8.00. The van der Waals surface area contributed by atoms with E-state index in [0.29, 0.717) is 16.6 Å².